The van der Waals surface area contributed by atoms with E-state index >= 15 is 0 Å². The fourth-order valence-corrected chi connectivity index (χ4v) is 2.81. The third-order valence-electron chi connectivity index (χ3n) is 3.99. The van der Waals surface area contributed by atoms with E-state index < -0.39 is 0 Å². The average Bonchev–Trinajstić information content (AvgIpc) is 2.74. The molecule has 0 bridgehead atoms. The second-order valence-electron chi connectivity index (χ2n) is 6.02. The molecule has 0 aliphatic heterocycles. The molecule has 5 rings (SSSR count). The number of hydrogen-bond donors (Lipinski definition) is 1. The van der Waals surface area contributed by atoms with Crippen molar-refractivity contribution in [1.29, 1.82) is 0 Å². The molecule has 29 heavy (non-hydrogen) atoms. The van der Waals surface area contributed by atoms with Crippen molar-refractivity contribution < 1.29 is 9.84 Å². The molecule has 6 nitrogen and oxygen atoms in total. The zero-order valence-electron chi connectivity index (χ0n) is 15.1. The second kappa shape index (κ2) is 8.50. The van der Waals surface area contributed by atoms with Crippen LogP contribution in [0.1, 0.15) is 0 Å². The monoisotopic (exact) mass is 402 g/mol. The summed E-state index contributed by atoms with van der Waals surface area (Å²) < 4.78 is 5.60. The normalized spacial score (nSPS) is 10.4. The Morgan fingerprint density at radius 1 is 0.724 bits per heavy atom. The molecule has 7 heteroatoms. The van der Waals surface area contributed by atoms with Crippen molar-refractivity contribution in [2.45, 2.75) is 0 Å². The van der Waals surface area contributed by atoms with Gasteiger partial charge in [-0.1, -0.05) is 23.7 Å². The lowest BCUT2D eigenvalue weighted by molar-refractivity contribution is 0.462. The number of aromatic nitrogens is 4. The molecule has 2 aromatic carbocycles. The lowest BCUT2D eigenvalue weighted by atomic mass is 10.2. The number of benzene rings is 2. The summed E-state index contributed by atoms with van der Waals surface area (Å²) in [5, 5.41) is 11.4. The van der Waals surface area contributed by atoms with Crippen LogP contribution in [0, 0.1) is 0 Å². The summed E-state index contributed by atoms with van der Waals surface area (Å²) in [7, 11) is 0. The third kappa shape index (κ3) is 4.75. The number of phenols is 1. The molecular formula is C22H15ClN4O2. The summed E-state index contributed by atoms with van der Waals surface area (Å²) in [6, 6.07) is 20.0. The molecule has 0 saturated heterocycles. The van der Waals surface area contributed by atoms with E-state index in [0.717, 1.165) is 21.8 Å². The van der Waals surface area contributed by atoms with E-state index in [1.54, 1.807) is 36.7 Å². The van der Waals surface area contributed by atoms with Gasteiger partial charge in [0.25, 0.3) is 0 Å². The summed E-state index contributed by atoms with van der Waals surface area (Å²) in [5.41, 5.74) is 1.83. The number of fused-ring (bicyclic) bond motifs is 2. The van der Waals surface area contributed by atoms with E-state index in [-0.39, 0.29) is 5.75 Å². The Morgan fingerprint density at radius 2 is 1.41 bits per heavy atom. The lowest BCUT2D eigenvalue weighted by Crippen LogP contribution is -1.89. The number of pyridine rings is 2. The standard InChI is InChI=1S/C13H8ClN3O.C9H7NO/c14-12-7-13(17-8-16-12)18-10-3-4-11-9(6-10)2-1-5-15-11;11-8-3-4-9-7(6-8)2-1-5-10-9/h1-8H;1-6,11H. The maximum absolute atomic E-state index is 9.10. The van der Waals surface area contributed by atoms with E-state index in [1.807, 2.05) is 42.5 Å². The van der Waals surface area contributed by atoms with Crippen LogP contribution < -0.4 is 4.74 Å². The molecule has 0 spiro atoms. The molecule has 0 atom stereocenters. The van der Waals surface area contributed by atoms with Gasteiger partial charge in [-0.05, 0) is 48.5 Å². The number of rotatable bonds is 2. The Hall–Kier alpha value is -3.77. The Bertz CT molecular complexity index is 1280. The van der Waals surface area contributed by atoms with Crippen molar-refractivity contribution in [1.82, 2.24) is 19.9 Å². The molecule has 0 saturated carbocycles. The van der Waals surface area contributed by atoms with Crippen LogP contribution in [0.5, 0.6) is 17.4 Å². The summed E-state index contributed by atoms with van der Waals surface area (Å²) in [4.78, 5) is 16.1. The Kier molecular flexibility index (Phi) is 5.45. The summed E-state index contributed by atoms with van der Waals surface area (Å²) >= 11 is 5.77. The lowest BCUT2D eigenvalue weighted by Gasteiger charge is -2.05. The highest BCUT2D eigenvalue weighted by molar-refractivity contribution is 6.29. The largest absolute Gasteiger partial charge is 0.508 e. The Balaban J connectivity index is 0.000000159. The van der Waals surface area contributed by atoms with E-state index in [1.165, 1.54) is 6.33 Å². The van der Waals surface area contributed by atoms with Crippen molar-refractivity contribution >= 4 is 33.4 Å². The highest BCUT2D eigenvalue weighted by atomic mass is 35.5. The van der Waals surface area contributed by atoms with Gasteiger partial charge in [0.15, 0.2) is 0 Å². The highest BCUT2D eigenvalue weighted by Gasteiger charge is 2.02. The minimum atomic E-state index is 0.283. The van der Waals surface area contributed by atoms with Crippen LogP contribution in [-0.2, 0) is 0 Å². The first kappa shape index (κ1) is 18.6. The number of hydrogen-bond acceptors (Lipinski definition) is 6. The number of phenolic OH excluding ortho intramolecular Hbond substituents is 1. The Morgan fingerprint density at radius 3 is 2.14 bits per heavy atom. The first-order valence-electron chi connectivity index (χ1n) is 8.71. The molecule has 3 heterocycles. The predicted octanol–water partition coefficient (Wildman–Crippen LogP) is 5.41. The number of ether oxygens (including phenoxy) is 1. The third-order valence-corrected chi connectivity index (χ3v) is 4.20. The van der Waals surface area contributed by atoms with Gasteiger partial charge in [0, 0.05) is 29.2 Å². The van der Waals surface area contributed by atoms with Crippen LogP contribution in [-0.4, -0.2) is 25.0 Å². The highest BCUT2D eigenvalue weighted by Crippen LogP contribution is 2.24. The average molecular weight is 403 g/mol. The van der Waals surface area contributed by atoms with Crippen LogP contribution in [0.3, 0.4) is 0 Å². The molecule has 5 aromatic rings. The van der Waals surface area contributed by atoms with Crippen molar-refractivity contribution in [3.05, 3.63) is 90.6 Å². The molecule has 0 fully saturated rings. The van der Waals surface area contributed by atoms with Gasteiger partial charge < -0.3 is 9.84 Å². The topological polar surface area (TPSA) is 81.0 Å². The van der Waals surface area contributed by atoms with Crippen LogP contribution in [0.4, 0.5) is 0 Å². The minimum absolute atomic E-state index is 0.283. The van der Waals surface area contributed by atoms with Crippen molar-refractivity contribution in [3.63, 3.8) is 0 Å². The van der Waals surface area contributed by atoms with Gasteiger partial charge in [0.2, 0.25) is 5.88 Å². The molecule has 0 radical (unpaired) electrons. The smallest absolute Gasteiger partial charge is 0.223 e. The first-order valence-corrected chi connectivity index (χ1v) is 9.09. The van der Waals surface area contributed by atoms with Crippen LogP contribution in [0.25, 0.3) is 21.8 Å². The van der Waals surface area contributed by atoms with Crippen LogP contribution >= 0.6 is 11.6 Å². The molecule has 0 aliphatic rings. The molecule has 0 amide bonds. The van der Waals surface area contributed by atoms with E-state index in [0.29, 0.717) is 16.8 Å². The summed E-state index contributed by atoms with van der Waals surface area (Å²) in [6.07, 6.45) is 4.85. The number of halogens is 1. The van der Waals surface area contributed by atoms with Crippen molar-refractivity contribution in [3.8, 4) is 17.4 Å². The van der Waals surface area contributed by atoms with E-state index in [4.69, 9.17) is 21.4 Å². The van der Waals surface area contributed by atoms with Crippen LogP contribution in [0.2, 0.25) is 5.15 Å². The van der Waals surface area contributed by atoms with Gasteiger partial charge in [0.05, 0.1) is 11.0 Å². The minimum Gasteiger partial charge on any atom is -0.508 e. The van der Waals surface area contributed by atoms with Gasteiger partial charge in [-0.25, -0.2) is 9.97 Å². The Labute approximate surface area is 171 Å². The SMILES string of the molecule is Clc1cc(Oc2ccc3ncccc3c2)ncn1.Oc1ccc2ncccc2c1. The summed E-state index contributed by atoms with van der Waals surface area (Å²) in [6.45, 7) is 0. The van der Waals surface area contributed by atoms with Gasteiger partial charge in [0.1, 0.15) is 23.0 Å². The van der Waals surface area contributed by atoms with Gasteiger partial charge in [-0.2, -0.15) is 0 Å². The van der Waals surface area contributed by atoms with Gasteiger partial charge in [-0.15, -0.1) is 0 Å². The molecule has 0 unspecified atom stereocenters. The quantitative estimate of drug-likeness (QED) is 0.397. The van der Waals surface area contributed by atoms with Gasteiger partial charge in [-0.3, -0.25) is 9.97 Å². The van der Waals surface area contributed by atoms with Crippen LogP contribution in [0.15, 0.2) is 85.5 Å². The number of nitrogens with zero attached hydrogens (tertiary/aromatic N) is 4. The molecule has 142 valence electrons. The fourth-order valence-electron chi connectivity index (χ4n) is 2.67. The maximum atomic E-state index is 9.10. The predicted molar refractivity (Wildman–Crippen MR) is 112 cm³/mol. The first-order chi connectivity index (χ1) is 14.2. The second-order valence-corrected chi connectivity index (χ2v) is 6.41. The molecule has 1 N–H and O–H groups in total. The molecule has 0 aliphatic carbocycles. The van der Waals surface area contributed by atoms with E-state index in [2.05, 4.69) is 19.9 Å². The zero-order valence-corrected chi connectivity index (χ0v) is 15.9. The van der Waals surface area contributed by atoms with Crippen molar-refractivity contribution in [2.75, 3.05) is 0 Å². The van der Waals surface area contributed by atoms with Gasteiger partial charge >= 0.3 is 0 Å². The van der Waals surface area contributed by atoms with Crippen molar-refractivity contribution in [2.24, 2.45) is 0 Å². The zero-order chi connectivity index (χ0) is 20.1. The summed E-state index contributed by atoms with van der Waals surface area (Å²) in [5.74, 6) is 1.38. The molecule has 3 aromatic heterocycles. The maximum Gasteiger partial charge on any atom is 0.223 e. The van der Waals surface area contributed by atoms with E-state index in [9.17, 15) is 0 Å². The number of aromatic hydroxyl groups is 1. The molecular weight excluding hydrogens is 388 g/mol. The fraction of sp³-hybridized carbons (Fsp3) is 0.